The third-order valence-electron chi connectivity index (χ3n) is 10.0. The fraction of sp³-hybridized carbons (Fsp3) is 0.0667. The lowest BCUT2D eigenvalue weighted by Gasteiger charge is -2.28. The molecule has 0 saturated carbocycles. The molecule has 0 spiro atoms. The molecule has 0 saturated heterocycles. The zero-order valence-corrected chi connectivity index (χ0v) is 26.0. The number of hydrogen-bond acceptors (Lipinski definition) is 1. The maximum Gasteiger partial charge on any atom is 0.0465 e. The lowest BCUT2D eigenvalue weighted by Crippen LogP contribution is -2.16. The molecule has 0 N–H and O–H groups in total. The second-order valence-electron chi connectivity index (χ2n) is 13.0. The predicted molar refractivity (Wildman–Crippen MR) is 197 cm³/mol. The summed E-state index contributed by atoms with van der Waals surface area (Å²) in [7, 11) is 0. The Morgan fingerprint density at radius 1 is 0.370 bits per heavy atom. The van der Waals surface area contributed by atoms with Crippen molar-refractivity contribution in [3.05, 3.63) is 175 Å². The van der Waals surface area contributed by atoms with E-state index in [-0.39, 0.29) is 5.41 Å². The SMILES string of the molecule is CC1(C)c2ccccc2-c2ccc(N(c3ccccc3)c3ccc(-c4cc5c6ccccc6ccc5c5ccccc45)cc3)cc21. The van der Waals surface area contributed by atoms with Crippen molar-refractivity contribution in [2.75, 3.05) is 4.90 Å². The van der Waals surface area contributed by atoms with Gasteiger partial charge in [-0.15, -0.1) is 0 Å². The first-order valence-electron chi connectivity index (χ1n) is 16.1. The number of rotatable bonds is 4. The largest absolute Gasteiger partial charge is 0.310 e. The fourth-order valence-corrected chi connectivity index (χ4v) is 7.75. The van der Waals surface area contributed by atoms with Gasteiger partial charge in [-0.25, -0.2) is 0 Å². The van der Waals surface area contributed by atoms with Gasteiger partial charge in [-0.2, -0.15) is 0 Å². The maximum atomic E-state index is 2.40. The number of benzene rings is 8. The molecule has 0 radical (unpaired) electrons. The molecule has 0 amide bonds. The van der Waals surface area contributed by atoms with E-state index in [4.69, 9.17) is 0 Å². The summed E-state index contributed by atoms with van der Waals surface area (Å²) < 4.78 is 0. The first-order valence-corrected chi connectivity index (χ1v) is 16.1. The monoisotopic (exact) mass is 587 g/mol. The molecular weight excluding hydrogens is 555 g/mol. The zero-order valence-electron chi connectivity index (χ0n) is 26.0. The summed E-state index contributed by atoms with van der Waals surface area (Å²) in [6.07, 6.45) is 0. The van der Waals surface area contributed by atoms with Gasteiger partial charge in [0.1, 0.15) is 0 Å². The van der Waals surface area contributed by atoms with E-state index in [9.17, 15) is 0 Å². The molecule has 0 aromatic heterocycles. The van der Waals surface area contributed by atoms with Gasteiger partial charge < -0.3 is 4.90 Å². The average Bonchev–Trinajstić information content (AvgIpc) is 3.34. The number of anilines is 3. The van der Waals surface area contributed by atoms with E-state index in [0.29, 0.717) is 0 Å². The van der Waals surface area contributed by atoms with Crippen molar-refractivity contribution in [3.63, 3.8) is 0 Å². The Balaban J connectivity index is 1.19. The second-order valence-corrected chi connectivity index (χ2v) is 13.0. The fourth-order valence-electron chi connectivity index (χ4n) is 7.75. The standard InChI is InChI=1S/C45H33N/c1-45(2)43-19-11-10-18-39(43)40-27-25-34(28-44(40)45)46(32-13-4-3-5-14-32)33-23-20-31(21-24-33)41-29-42-35-15-7-6-12-30(35)22-26-38(42)36-16-8-9-17-37(36)41/h3-29H,1-2H3. The maximum absolute atomic E-state index is 2.40. The van der Waals surface area contributed by atoms with E-state index in [1.54, 1.807) is 0 Å². The van der Waals surface area contributed by atoms with Gasteiger partial charge in [0.2, 0.25) is 0 Å². The van der Waals surface area contributed by atoms with Gasteiger partial charge in [0.05, 0.1) is 0 Å². The van der Waals surface area contributed by atoms with Crippen LogP contribution < -0.4 is 4.90 Å². The van der Waals surface area contributed by atoms with E-state index >= 15 is 0 Å². The first-order chi connectivity index (χ1) is 22.6. The lowest BCUT2D eigenvalue weighted by molar-refractivity contribution is 0.660. The molecule has 0 fully saturated rings. The Morgan fingerprint density at radius 3 is 1.80 bits per heavy atom. The minimum atomic E-state index is -0.0601. The van der Waals surface area contributed by atoms with Crippen LogP contribution in [0, 0.1) is 0 Å². The van der Waals surface area contributed by atoms with Crippen LogP contribution >= 0.6 is 0 Å². The van der Waals surface area contributed by atoms with Crippen LogP contribution in [0.3, 0.4) is 0 Å². The molecule has 1 nitrogen and oxygen atoms in total. The Morgan fingerprint density at radius 2 is 0.978 bits per heavy atom. The Bertz CT molecular complexity index is 2430. The summed E-state index contributed by atoms with van der Waals surface area (Å²) in [5.41, 5.74) is 11.3. The molecule has 8 aromatic rings. The van der Waals surface area contributed by atoms with Crippen molar-refractivity contribution in [1.82, 2.24) is 0 Å². The Hall–Kier alpha value is -5.66. The van der Waals surface area contributed by atoms with Crippen LogP contribution in [-0.4, -0.2) is 0 Å². The van der Waals surface area contributed by atoms with Crippen LogP contribution in [0.2, 0.25) is 0 Å². The van der Waals surface area contributed by atoms with Crippen molar-refractivity contribution >= 4 is 49.4 Å². The summed E-state index contributed by atoms with van der Waals surface area (Å²) >= 11 is 0. The molecule has 0 heterocycles. The molecule has 218 valence electrons. The minimum Gasteiger partial charge on any atom is -0.310 e. The highest BCUT2D eigenvalue weighted by Gasteiger charge is 2.35. The summed E-state index contributed by atoms with van der Waals surface area (Å²) in [6.45, 7) is 4.69. The van der Waals surface area contributed by atoms with Crippen LogP contribution in [0.5, 0.6) is 0 Å². The van der Waals surface area contributed by atoms with Crippen LogP contribution in [0.1, 0.15) is 25.0 Å². The molecule has 0 bridgehead atoms. The highest BCUT2D eigenvalue weighted by atomic mass is 15.1. The number of nitrogens with zero attached hydrogens (tertiary/aromatic N) is 1. The highest BCUT2D eigenvalue weighted by molar-refractivity contribution is 6.21. The third-order valence-corrected chi connectivity index (χ3v) is 10.0. The molecule has 0 unspecified atom stereocenters. The zero-order chi connectivity index (χ0) is 30.8. The third kappa shape index (κ3) is 4.02. The van der Waals surface area contributed by atoms with Crippen molar-refractivity contribution in [3.8, 4) is 22.3 Å². The van der Waals surface area contributed by atoms with Gasteiger partial charge in [-0.1, -0.05) is 135 Å². The highest BCUT2D eigenvalue weighted by Crippen LogP contribution is 2.50. The van der Waals surface area contributed by atoms with E-state index in [0.717, 1.165) is 11.4 Å². The van der Waals surface area contributed by atoms with Crippen LogP contribution in [0.15, 0.2) is 164 Å². The van der Waals surface area contributed by atoms with Gasteiger partial charge in [0, 0.05) is 22.5 Å². The molecule has 1 aliphatic rings. The molecule has 1 aliphatic carbocycles. The van der Waals surface area contributed by atoms with Gasteiger partial charge in [-0.05, 0) is 108 Å². The number of fused-ring (bicyclic) bond motifs is 8. The molecule has 0 atom stereocenters. The molecule has 46 heavy (non-hydrogen) atoms. The summed E-state index contributed by atoms with van der Waals surface area (Å²) in [6, 6.07) is 60.1. The molecule has 0 aliphatic heterocycles. The van der Waals surface area contributed by atoms with Crippen molar-refractivity contribution in [2.45, 2.75) is 19.3 Å². The van der Waals surface area contributed by atoms with E-state index < -0.39 is 0 Å². The Kier molecular flexibility index (Phi) is 5.92. The van der Waals surface area contributed by atoms with Gasteiger partial charge >= 0.3 is 0 Å². The van der Waals surface area contributed by atoms with Gasteiger partial charge in [-0.3, -0.25) is 0 Å². The van der Waals surface area contributed by atoms with E-state index in [1.165, 1.54) is 71.4 Å². The topological polar surface area (TPSA) is 3.24 Å². The summed E-state index contributed by atoms with van der Waals surface area (Å²) in [5.74, 6) is 0. The first kappa shape index (κ1) is 26.7. The van der Waals surface area contributed by atoms with Gasteiger partial charge in [0.25, 0.3) is 0 Å². The molecular formula is C45H33N. The normalized spacial score (nSPS) is 13.2. The van der Waals surface area contributed by atoms with Crippen LogP contribution in [0.4, 0.5) is 17.1 Å². The minimum absolute atomic E-state index is 0.0601. The Labute approximate surface area is 270 Å². The second kappa shape index (κ2) is 10.2. The van der Waals surface area contributed by atoms with Crippen molar-refractivity contribution < 1.29 is 0 Å². The lowest BCUT2D eigenvalue weighted by atomic mass is 9.82. The number of para-hydroxylation sites is 1. The molecule has 1 heteroatoms. The van der Waals surface area contributed by atoms with Crippen LogP contribution in [0.25, 0.3) is 54.6 Å². The van der Waals surface area contributed by atoms with Crippen LogP contribution in [-0.2, 0) is 5.41 Å². The summed E-state index contributed by atoms with van der Waals surface area (Å²) in [5, 5.41) is 7.72. The molecule has 9 rings (SSSR count). The molecule has 8 aromatic carbocycles. The average molecular weight is 588 g/mol. The van der Waals surface area contributed by atoms with Crippen molar-refractivity contribution in [2.24, 2.45) is 0 Å². The predicted octanol–water partition coefficient (Wildman–Crippen LogP) is 12.6. The van der Waals surface area contributed by atoms with Gasteiger partial charge in [0.15, 0.2) is 0 Å². The quantitative estimate of drug-likeness (QED) is 0.185. The van der Waals surface area contributed by atoms with E-state index in [1.807, 2.05) is 0 Å². The summed E-state index contributed by atoms with van der Waals surface area (Å²) in [4.78, 5) is 2.38. The van der Waals surface area contributed by atoms with Crippen molar-refractivity contribution in [1.29, 1.82) is 0 Å². The smallest absolute Gasteiger partial charge is 0.0465 e. The number of hydrogen-bond donors (Lipinski definition) is 0. The van der Waals surface area contributed by atoms with E-state index in [2.05, 4.69) is 183 Å².